The van der Waals surface area contributed by atoms with Crippen LogP contribution in [0.5, 0.6) is 0 Å². The van der Waals surface area contributed by atoms with Crippen molar-refractivity contribution in [3.8, 4) is 0 Å². The predicted molar refractivity (Wildman–Crippen MR) is 89.3 cm³/mol. The van der Waals surface area contributed by atoms with Gasteiger partial charge in [-0.15, -0.1) is 0 Å². The molecule has 1 aliphatic rings. The summed E-state index contributed by atoms with van der Waals surface area (Å²) in [7, 11) is 0. The molecule has 0 radical (unpaired) electrons. The summed E-state index contributed by atoms with van der Waals surface area (Å²) in [5.74, 6) is 0. The van der Waals surface area contributed by atoms with Gasteiger partial charge in [-0.1, -0.05) is 55.0 Å². The summed E-state index contributed by atoms with van der Waals surface area (Å²) < 4.78 is 0. The summed E-state index contributed by atoms with van der Waals surface area (Å²) in [4.78, 5) is 5.27. The number of hydrogen-bond donors (Lipinski definition) is 0. The summed E-state index contributed by atoms with van der Waals surface area (Å²) in [6, 6.07) is 0.753. The molecule has 1 saturated heterocycles. The number of rotatable bonds is 10. The van der Waals surface area contributed by atoms with E-state index in [9.17, 15) is 0 Å². The molecule has 0 aromatic carbocycles. The maximum absolute atomic E-state index is 3.49. The highest BCUT2D eigenvalue weighted by Crippen LogP contribution is 2.12. The van der Waals surface area contributed by atoms with Crippen molar-refractivity contribution in [1.82, 2.24) is 9.80 Å². The van der Waals surface area contributed by atoms with Crippen LogP contribution < -0.4 is 0 Å². The van der Waals surface area contributed by atoms with Gasteiger partial charge in [-0.25, -0.2) is 0 Å². The van der Waals surface area contributed by atoms with Crippen molar-refractivity contribution in [1.29, 1.82) is 0 Å². The van der Waals surface area contributed by atoms with Crippen LogP contribution in [0.2, 0.25) is 0 Å². The Morgan fingerprint density at radius 2 is 1.58 bits per heavy atom. The third-order valence-corrected chi connectivity index (χ3v) is 4.92. The SMILES string of the molecule is CCN1CCN(CCCCCCCCCBr)CC1C. The summed E-state index contributed by atoms with van der Waals surface area (Å²) >= 11 is 3.49. The van der Waals surface area contributed by atoms with Crippen molar-refractivity contribution in [3.05, 3.63) is 0 Å². The van der Waals surface area contributed by atoms with Crippen molar-refractivity contribution >= 4 is 15.9 Å². The van der Waals surface area contributed by atoms with Gasteiger partial charge in [-0.2, -0.15) is 0 Å². The second kappa shape index (κ2) is 11.1. The van der Waals surface area contributed by atoms with E-state index in [1.54, 1.807) is 0 Å². The van der Waals surface area contributed by atoms with Crippen LogP contribution in [0.4, 0.5) is 0 Å². The van der Waals surface area contributed by atoms with E-state index in [1.165, 1.54) is 83.0 Å². The number of alkyl halides is 1. The molecule has 1 heterocycles. The summed E-state index contributed by atoms with van der Waals surface area (Å²) in [6.45, 7) is 11.0. The van der Waals surface area contributed by atoms with Gasteiger partial charge in [0.25, 0.3) is 0 Å². The number of piperazine rings is 1. The molecule has 0 N–H and O–H groups in total. The Labute approximate surface area is 129 Å². The first-order valence-corrected chi connectivity index (χ1v) is 9.42. The van der Waals surface area contributed by atoms with Crippen LogP contribution in [0, 0.1) is 0 Å². The van der Waals surface area contributed by atoms with Gasteiger partial charge < -0.3 is 4.90 Å². The standard InChI is InChI=1S/C16H33BrN2/c1-3-19-14-13-18(15-16(19)2)12-10-8-6-4-5-7-9-11-17/h16H,3-15H2,1-2H3. The minimum atomic E-state index is 0.753. The first-order valence-electron chi connectivity index (χ1n) is 8.30. The molecule has 114 valence electrons. The highest BCUT2D eigenvalue weighted by molar-refractivity contribution is 9.09. The minimum absolute atomic E-state index is 0.753. The summed E-state index contributed by atoms with van der Waals surface area (Å²) in [5.41, 5.74) is 0. The molecule has 1 aliphatic heterocycles. The molecule has 1 atom stereocenters. The van der Waals surface area contributed by atoms with Gasteiger partial charge in [0, 0.05) is 31.0 Å². The Morgan fingerprint density at radius 1 is 0.947 bits per heavy atom. The molecule has 2 nitrogen and oxygen atoms in total. The highest BCUT2D eigenvalue weighted by atomic mass is 79.9. The third kappa shape index (κ3) is 7.67. The predicted octanol–water partition coefficient (Wildman–Crippen LogP) is 4.14. The number of nitrogens with zero attached hydrogens (tertiary/aromatic N) is 2. The highest BCUT2D eigenvalue weighted by Gasteiger charge is 2.21. The van der Waals surface area contributed by atoms with Gasteiger partial charge >= 0.3 is 0 Å². The van der Waals surface area contributed by atoms with Crippen LogP contribution in [0.15, 0.2) is 0 Å². The second-order valence-corrected chi connectivity index (χ2v) is 6.74. The minimum Gasteiger partial charge on any atom is -0.301 e. The Hall–Kier alpha value is 0.400. The molecule has 19 heavy (non-hydrogen) atoms. The third-order valence-electron chi connectivity index (χ3n) is 4.36. The average Bonchev–Trinajstić information content (AvgIpc) is 2.42. The molecule has 1 rings (SSSR count). The Kier molecular flexibility index (Phi) is 10.2. The molecule has 0 spiro atoms. The molecule has 3 heteroatoms. The Balaban J connectivity index is 1.93. The van der Waals surface area contributed by atoms with Crippen molar-refractivity contribution in [2.75, 3.05) is 38.1 Å². The van der Waals surface area contributed by atoms with E-state index in [4.69, 9.17) is 0 Å². The fourth-order valence-electron chi connectivity index (χ4n) is 3.06. The quantitative estimate of drug-likeness (QED) is 0.438. The van der Waals surface area contributed by atoms with Gasteiger partial charge in [0.05, 0.1) is 0 Å². The number of hydrogen-bond acceptors (Lipinski definition) is 2. The lowest BCUT2D eigenvalue weighted by Crippen LogP contribution is -2.51. The van der Waals surface area contributed by atoms with Crippen LogP contribution >= 0.6 is 15.9 Å². The van der Waals surface area contributed by atoms with E-state index in [0.29, 0.717) is 0 Å². The van der Waals surface area contributed by atoms with Gasteiger partial charge in [-0.05, 0) is 32.9 Å². The lowest BCUT2D eigenvalue weighted by Gasteiger charge is -2.39. The summed E-state index contributed by atoms with van der Waals surface area (Å²) in [5, 5.41) is 1.18. The van der Waals surface area contributed by atoms with Crippen molar-refractivity contribution < 1.29 is 0 Å². The van der Waals surface area contributed by atoms with Gasteiger partial charge in [0.2, 0.25) is 0 Å². The van der Waals surface area contributed by atoms with E-state index < -0.39 is 0 Å². The molecular formula is C16H33BrN2. The molecule has 1 fully saturated rings. The fraction of sp³-hybridized carbons (Fsp3) is 1.00. The maximum atomic E-state index is 3.49. The monoisotopic (exact) mass is 332 g/mol. The zero-order valence-corrected chi connectivity index (χ0v) is 14.6. The van der Waals surface area contributed by atoms with E-state index in [2.05, 4.69) is 39.6 Å². The average molecular weight is 333 g/mol. The molecule has 0 aromatic heterocycles. The van der Waals surface area contributed by atoms with E-state index in [1.807, 2.05) is 0 Å². The van der Waals surface area contributed by atoms with Gasteiger partial charge in [0.15, 0.2) is 0 Å². The topological polar surface area (TPSA) is 6.48 Å². The number of unbranched alkanes of at least 4 members (excludes halogenated alkanes) is 6. The molecule has 0 amide bonds. The van der Waals surface area contributed by atoms with Crippen molar-refractivity contribution in [3.63, 3.8) is 0 Å². The first kappa shape index (κ1) is 17.5. The van der Waals surface area contributed by atoms with E-state index in [0.717, 1.165) is 6.04 Å². The first-order chi connectivity index (χ1) is 9.27. The zero-order chi connectivity index (χ0) is 13.9. The normalized spacial score (nSPS) is 21.9. The molecule has 0 bridgehead atoms. The van der Waals surface area contributed by atoms with Crippen molar-refractivity contribution in [2.24, 2.45) is 0 Å². The Morgan fingerprint density at radius 3 is 2.16 bits per heavy atom. The second-order valence-electron chi connectivity index (χ2n) is 5.94. The van der Waals surface area contributed by atoms with Crippen LogP contribution in [-0.2, 0) is 0 Å². The zero-order valence-electron chi connectivity index (χ0n) is 13.0. The molecule has 0 aromatic rings. The maximum Gasteiger partial charge on any atom is 0.0195 e. The molecule has 1 unspecified atom stereocenters. The number of likely N-dealkylation sites (N-methyl/N-ethyl adjacent to an activating group) is 1. The van der Waals surface area contributed by atoms with E-state index >= 15 is 0 Å². The molecule has 0 aliphatic carbocycles. The number of halogens is 1. The lowest BCUT2D eigenvalue weighted by molar-refractivity contribution is 0.0869. The lowest BCUT2D eigenvalue weighted by atomic mass is 10.1. The van der Waals surface area contributed by atoms with Crippen LogP contribution in [0.3, 0.4) is 0 Å². The van der Waals surface area contributed by atoms with Crippen LogP contribution in [0.25, 0.3) is 0 Å². The van der Waals surface area contributed by atoms with Crippen LogP contribution in [0.1, 0.15) is 58.8 Å². The summed E-state index contributed by atoms with van der Waals surface area (Å²) in [6.07, 6.45) is 9.88. The molecular weight excluding hydrogens is 300 g/mol. The smallest absolute Gasteiger partial charge is 0.0195 e. The van der Waals surface area contributed by atoms with Gasteiger partial charge in [-0.3, -0.25) is 4.90 Å². The van der Waals surface area contributed by atoms with Crippen LogP contribution in [-0.4, -0.2) is 53.9 Å². The largest absolute Gasteiger partial charge is 0.301 e. The van der Waals surface area contributed by atoms with Crippen molar-refractivity contribution in [2.45, 2.75) is 64.8 Å². The molecule has 0 saturated carbocycles. The van der Waals surface area contributed by atoms with E-state index in [-0.39, 0.29) is 0 Å². The Bertz CT molecular complexity index is 211. The fourth-order valence-corrected chi connectivity index (χ4v) is 3.45. The van der Waals surface area contributed by atoms with Gasteiger partial charge in [0.1, 0.15) is 0 Å².